The van der Waals surface area contributed by atoms with Crippen LogP contribution in [0.25, 0.3) is 0 Å². The summed E-state index contributed by atoms with van der Waals surface area (Å²) in [5.41, 5.74) is 2.21. The van der Waals surface area contributed by atoms with Gasteiger partial charge in [0.15, 0.2) is 0 Å². The van der Waals surface area contributed by atoms with Crippen molar-refractivity contribution in [1.29, 1.82) is 0 Å². The van der Waals surface area contributed by atoms with Crippen molar-refractivity contribution in [2.75, 3.05) is 18.5 Å². The number of anilines is 1. The normalized spacial score (nSPS) is 9.52. The van der Waals surface area contributed by atoms with Crippen LogP contribution in [0, 0.1) is 18.8 Å². The van der Waals surface area contributed by atoms with E-state index in [1.807, 2.05) is 31.2 Å². The Morgan fingerprint density at radius 3 is 2.44 bits per heavy atom. The fraction of sp³-hybridized carbons (Fsp3) is 0.200. The van der Waals surface area contributed by atoms with Gasteiger partial charge in [0.2, 0.25) is 5.91 Å². The molecule has 2 amide bonds. The Labute approximate surface area is 147 Å². The summed E-state index contributed by atoms with van der Waals surface area (Å²) < 4.78 is 5.55. The summed E-state index contributed by atoms with van der Waals surface area (Å²) in [5.74, 6) is 6.15. The summed E-state index contributed by atoms with van der Waals surface area (Å²) in [6.45, 7) is 3.91. The van der Waals surface area contributed by atoms with Gasteiger partial charge in [0.05, 0.1) is 6.54 Å². The molecular formula is C20H20N2O3. The number of aryl methyl sites for hydroxylation is 1. The first kappa shape index (κ1) is 18.1. The zero-order valence-electron chi connectivity index (χ0n) is 14.3. The van der Waals surface area contributed by atoms with Crippen LogP contribution in [0.5, 0.6) is 5.75 Å². The SMILES string of the molecule is CC(=O)Nc1ccc(C(=O)NCC#CCOc2ccccc2C)cc1. The number of amides is 2. The van der Waals surface area contributed by atoms with Crippen LogP contribution < -0.4 is 15.4 Å². The van der Waals surface area contributed by atoms with Gasteiger partial charge in [-0.1, -0.05) is 30.0 Å². The Hall–Kier alpha value is -3.26. The van der Waals surface area contributed by atoms with E-state index in [0.717, 1.165) is 11.3 Å². The summed E-state index contributed by atoms with van der Waals surface area (Å²) in [6, 6.07) is 14.4. The molecule has 0 saturated carbocycles. The number of nitrogens with one attached hydrogen (secondary N) is 2. The maximum atomic E-state index is 12.0. The van der Waals surface area contributed by atoms with Crippen molar-refractivity contribution in [2.24, 2.45) is 0 Å². The van der Waals surface area contributed by atoms with E-state index in [2.05, 4.69) is 22.5 Å². The maximum absolute atomic E-state index is 12.0. The van der Waals surface area contributed by atoms with E-state index in [0.29, 0.717) is 11.3 Å². The van der Waals surface area contributed by atoms with E-state index < -0.39 is 0 Å². The lowest BCUT2D eigenvalue weighted by molar-refractivity contribution is -0.114. The van der Waals surface area contributed by atoms with Gasteiger partial charge in [-0.2, -0.15) is 0 Å². The minimum absolute atomic E-state index is 0.152. The first-order chi connectivity index (χ1) is 12.1. The van der Waals surface area contributed by atoms with E-state index in [4.69, 9.17) is 4.74 Å². The highest BCUT2D eigenvalue weighted by atomic mass is 16.5. The lowest BCUT2D eigenvalue weighted by Crippen LogP contribution is -2.23. The minimum Gasteiger partial charge on any atom is -0.481 e. The summed E-state index contributed by atoms with van der Waals surface area (Å²) in [7, 11) is 0. The first-order valence-corrected chi connectivity index (χ1v) is 7.86. The Kier molecular flexibility index (Phi) is 6.61. The highest BCUT2D eigenvalue weighted by Gasteiger charge is 2.04. The highest BCUT2D eigenvalue weighted by molar-refractivity contribution is 5.95. The number of hydrogen-bond donors (Lipinski definition) is 2. The second-order valence-corrected chi connectivity index (χ2v) is 5.35. The van der Waals surface area contributed by atoms with Crippen molar-refractivity contribution >= 4 is 17.5 Å². The molecule has 128 valence electrons. The number of hydrogen-bond acceptors (Lipinski definition) is 3. The minimum atomic E-state index is -0.219. The molecule has 0 unspecified atom stereocenters. The van der Waals surface area contributed by atoms with Crippen molar-refractivity contribution in [3.63, 3.8) is 0 Å². The molecule has 0 saturated heterocycles. The van der Waals surface area contributed by atoms with E-state index in [9.17, 15) is 9.59 Å². The van der Waals surface area contributed by atoms with E-state index in [1.165, 1.54) is 6.92 Å². The molecular weight excluding hydrogens is 316 g/mol. The van der Waals surface area contributed by atoms with Gasteiger partial charge < -0.3 is 15.4 Å². The van der Waals surface area contributed by atoms with Gasteiger partial charge in [0.1, 0.15) is 12.4 Å². The van der Waals surface area contributed by atoms with Crippen LogP contribution in [0.2, 0.25) is 0 Å². The molecule has 0 atom stereocenters. The van der Waals surface area contributed by atoms with E-state index >= 15 is 0 Å². The van der Waals surface area contributed by atoms with Crippen molar-refractivity contribution in [2.45, 2.75) is 13.8 Å². The van der Waals surface area contributed by atoms with Crippen LogP contribution in [0.15, 0.2) is 48.5 Å². The molecule has 25 heavy (non-hydrogen) atoms. The van der Waals surface area contributed by atoms with Crippen LogP contribution in [-0.2, 0) is 4.79 Å². The standard InChI is InChI=1S/C20H20N2O3/c1-15-7-3-4-8-19(15)25-14-6-5-13-21-20(24)17-9-11-18(12-10-17)22-16(2)23/h3-4,7-12H,13-14H2,1-2H3,(H,21,24)(H,22,23). The molecule has 0 fully saturated rings. The Morgan fingerprint density at radius 1 is 1.04 bits per heavy atom. The number of para-hydroxylation sites is 1. The van der Waals surface area contributed by atoms with Gasteiger partial charge in [-0.05, 0) is 42.8 Å². The average Bonchev–Trinajstić information content (AvgIpc) is 2.59. The van der Waals surface area contributed by atoms with Crippen LogP contribution in [0.4, 0.5) is 5.69 Å². The van der Waals surface area contributed by atoms with Crippen LogP contribution in [0.3, 0.4) is 0 Å². The fourth-order valence-corrected chi connectivity index (χ4v) is 2.08. The van der Waals surface area contributed by atoms with Gasteiger partial charge in [-0.15, -0.1) is 0 Å². The molecule has 0 spiro atoms. The Balaban J connectivity index is 1.75. The number of ether oxygens (including phenoxy) is 1. The van der Waals surface area contributed by atoms with Crippen LogP contribution >= 0.6 is 0 Å². The molecule has 0 aliphatic heterocycles. The second-order valence-electron chi connectivity index (χ2n) is 5.35. The predicted molar refractivity (Wildman–Crippen MR) is 97.5 cm³/mol. The van der Waals surface area contributed by atoms with Gasteiger partial charge in [0.25, 0.3) is 5.91 Å². The van der Waals surface area contributed by atoms with Crippen molar-refractivity contribution in [3.05, 3.63) is 59.7 Å². The Bertz CT molecular complexity index is 802. The molecule has 0 bridgehead atoms. The molecule has 5 nitrogen and oxygen atoms in total. The lowest BCUT2D eigenvalue weighted by Gasteiger charge is -2.05. The van der Waals surface area contributed by atoms with Gasteiger partial charge in [-0.25, -0.2) is 0 Å². The Morgan fingerprint density at radius 2 is 1.76 bits per heavy atom. The van der Waals surface area contributed by atoms with Gasteiger partial charge >= 0.3 is 0 Å². The van der Waals surface area contributed by atoms with Crippen LogP contribution in [-0.4, -0.2) is 25.0 Å². The fourth-order valence-electron chi connectivity index (χ4n) is 2.08. The number of carbonyl (C=O) groups is 2. The smallest absolute Gasteiger partial charge is 0.252 e. The van der Waals surface area contributed by atoms with Gasteiger partial charge in [-0.3, -0.25) is 9.59 Å². The molecule has 0 heterocycles. The number of carbonyl (C=O) groups excluding carboxylic acids is 2. The maximum Gasteiger partial charge on any atom is 0.252 e. The highest BCUT2D eigenvalue weighted by Crippen LogP contribution is 2.15. The topological polar surface area (TPSA) is 67.4 Å². The number of rotatable bonds is 5. The third-order valence-electron chi connectivity index (χ3n) is 3.32. The monoisotopic (exact) mass is 336 g/mol. The first-order valence-electron chi connectivity index (χ1n) is 7.86. The molecule has 0 aliphatic rings. The second kappa shape index (κ2) is 9.14. The molecule has 0 radical (unpaired) electrons. The zero-order chi connectivity index (χ0) is 18.1. The average molecular weight is 336 g/mol. The molecule has 5 heteroatoms. The lowest BCUT2D eigenvalue weighted by atomic mass is 10.2. The predicted octanol–water partition coefficient (Wildman–Crippen LogP) is 2.77. The van der Waals surface area contributed by atoms with Crippen molar-refractivity contribution in [3.8, 4) is 17.6 Å². The van der Waals surface area contributed by atoms with E-state index in [1.54, 1.807) is 24.3 Å². The molecule has 2 aromatic carbocycles. The summed E-state index contributed by atoms with van der Waals surface area (Å²) >= 11 is 0. The molecule has 2 aromatic rings. The van der Waals surface area contributed by atoms with E-state index in [-0.39, 0.29) is 25.0 Å². The largest absolute Gasteiger partial charge is 0.481 e. The zero-order valence-corrected chi connectivity index (χ0v) is 14.3. The molecule has 2 rings (SSSR count). The quantitative estimate of drug-likeness (QED) is 0.825. The van der Waals surface area contributed by atoms with Gasteiger partial charge in [0, 0.05) is 18.2 Å². The van der Waals surface area contributed by atoms with Crippen molar-refractivity contribution < 1.29 is 14.3 Å². The summed E-state index contributed by atoms with van der Waals surface area (Å²) in [6.07, 6.45) is 0. The third kappa shape index (κ3) is 6.04. The third-order valence-corrected chi connectivity index (χ3v) is 3.32. The molecule has 0 aromatic heterocycles. The molecule has 0 aliphatic carbocycles. The van der Waals surface area contributed by atoms with Crippen molar-refractivity contribution in [1.82, 2.24) is 5.32 Å². The molecule has 2 N–H and O–H groups in total. The number of benzene rings is 2. The summed E-state index contributed by atoms with van der Waals surface area (Å²) in [5, 5.41) is 5.36. The summed E-state index contributed by atoms with van der Waals surface area (Å²) in [4.78, 5) is 22.9. The van der Waals surface area contributed by atoms with Crippen LogP contribution in [0.1, 0.15) is 22.8 Å².